The Labute approximate surface area is 161 Å². The van der Waals surface area contributed by atoms with Gasteiger partial charge in [-0.2, -0.15) is 0 Å². The van der Waals surface area contributed by atoms with Crippen LogP contribution in [-0.4, -0.2) is 31.0 Å². The molecule has 0 bridgehead atoms. The number of amides is 2. The van der Waals surface area contributed by atoms with Gasteiger partial charge in [0.05, 0.1) is 0 Å². The molecule has 5 nitrogen and oxygen atoms in total. The monoisotopic (exact) mass is 368 g/mol. The van der Waals surface area contributed by atoms with Crippen molar-refractivity contribution in [2.24, 2.45) is 0 Å². The Balaban J connectivity index is 1.73. The van der Waals surface area contributed by atoms with E-state index in [1.807, 2.05) is 42.5 Å². The van der Waals surface area contributed by atoms with E-state index in [4.69, 9.17) is 4.74 Å². The zero-order valence-corrected chi connectivity index (χ0v) is 16.4. The summed E-state index contributed by atoms with van der Waals surface area (Å²) in [6, 6.07) is 16.7. The molecule has 2 rings (SSSR count). The highest BCUT2D eigenvalue weighted by Gasteiger charge is 2.16. The van der Waals surface area contributed by atoms with E-state index in [0.717, 1.165) is 0 Å². The predicted octanol–water partition coefficient (Wildman–Crippen LogP) is 3.30. The summed E-state index contributed by atoms with van der Waals surface area (Å²) in [5, 5.41) is 5.54. The number of carbonyl (C=O) groups excluding carboxylic acids is 2. The van der Waals surface area contributed by atoms with Crippen molar-refractivity contribution in [1.82, 2.24) is 10.6 Å². The van der Waals surface area contributed by atoms with Gasteiger partial charge in [0.2, 0.25) is 0 Å². The summed E-state index contributed by atoms with van der Waals surface area (Å²) in [6.45, 7) is 8.84. The number of nitrogens with one attached hydrogen (secondary N) is 2. The van der Waals surface area contributed by atoms with E-state index in [1.165, 1.54) is 5.56 Å². The second-order valence-electron chi connectivity index (χ2n) is 7.45. The third-order valence-corrected chi connectivity index (χ3v) is 4.15. The van der Waals surface area contributed by atoms with E-state index in [0.29, 0.717) is 24.4 Å². The lowest BCUT2D eigenvalue weighted by atomic mass is 9.87. The SMILES string of the molecule is CC(Oc1ccc(C(C)(C)C)cc1)C(=O)NCCNC(=O)c1ccccc1. The molecule has 0 saturated carbocycles. The molecule has 2 amide bonds. The first-order chi connectivity index (χ1) is 12.8. The fraction of sp³-hybridized carbons (Fsp3) is 0.364. The minimum Gasteiger partial charge on any atom is -0.481 e. The Morgan fingerprint density at radius 1 is 0.926 bits per heavy atom. The molecular formula is C22H28N2O3. The van der Waals surface area contributed by atoms with Crippen molar-refractivity contribution in [3.63, 3.8) is 0 Å². The molecule has 0 saturated heterocycles. The van der Waals surface area contributed by atoms with Gasteiger partial charge in [0.15, 0.2) is 6.10 Å². The van der Waals surface area contributed by atoms with Crippen LogP contribution in [0.25, 0.3) is 0 Å². The summed E-state index contributed by atoms with van der Waals surface area (Å²) in [7, 11) is 0. The molecule has 5 heteroatoms. The minimum absolute atomic E-state index is 0.0751. The Kier molecular flexibility index (Phi) is 6.99. The second kappa shape index (κ2) is 9.21. The maximum absolute atomic E-state index is 12.1. The number of rotatable bonds is 7. The Morgan fingerprint density at radius 3 is 2.11 bits per heavy atom. The molecule has 0 aromatic heterocycles. The largest absolute Gasteiger partial charge is 0.481 e. The number of hydrogen-bond donors (Lipinski definition) is 2. The van der Waals surface area contributed by atoms with Gasteiger partial charge in [-0.1, -0.05) is 51.1 Å². The average Bonchev–Trinajstić information content (AvgIpc) is 2.65. The zero-order chi connectivity index (χ0) is 19.9. The highest BCUT2D eigenvalue weighted by molar-refractivity contribution is 5.94. The quantitative estimate of drug-likeness (QED) is 0.737. The van der Waals surface area contributed by atoms with Gasteiger partial charge in [-0.15, -0.1) is 0 Å². The van der Waals surface area contributed by atoms with Crippen LogP contribution in [0, 0.1) is 0 Å². The normalized spacial score (nSPS) is 12.1. The van der Waals surface area contributed by atoms with Crippen LogP contribution in [0.4, 0.5) is 0 Å². The van der Waals surface area contributed by atoms with Crippen LogP contribution in [0.5, 0.6) is 5.75 Å². The lowest BCUT2D eigenvalue weighted by Crippen LogP contribution is -2.40. The number of hydrogen-bond acceptors (Lipinski definition) is 3. The van der Waals surface area contributed by atoms with Gasteiger partial charge in [-0.25, -0.2) is 0 Å². The van der Waals surface area contributed by atoms with Crippen molar-refractivity contribution in [2.45, 2.75) is 39.2 Å². The van der Waals surface area contributed by atoms with Crippen molar-refractivity contribution in [2.75, 3.05) is 13.1 Å². The van der Waals surface area contributed by atoms with Crippen LogP contribution in [0.15, 0.2) is 54.6 Å². The highest BCUT2D eigenvalue weighted by Crippen LogP contribution is 2.24. The zero-order valence-electron chi connectivity index (χ0n) is 16.4. The first-order valence-corrected chi connectivity index (χ1v) is 9.15. The number of carbonyl (C=O) groups is 2. The molecule has 0 aliphatic rings. The highest BCUT2D eigenvalue weighted by atomic mass is 16.5. The first-order valence-electron chi connectivity index (χ1n) is 9.15. The van der Waals surface area contributed by atoms with E-state index in [2.05, 4.69) is 31.4 Å². The Morgan fingerprint density at radius 2 is 1.52 bits per heavy atom. The van der Waals surface area contributed by atoms with Gasteiger partial charge in [0.25, 0.3) is 11.8 Å². The third-order valence-electron chi connectivity index (χ3n) is 4.15. The van der Waals surface area contributed by atoms with Crippen LogP contribution in [-0.2, 0) is 10.2 Å². The van der Waals surface area contributed by atoms with Crippen molar-refractivity contribution in [3.05, 3.63) is 65.7 Å². The molecule has 27 heavy (non-hydrogen) atoms. The van der Waals surface area contributed by atoms with E-state index in [1.54, 1.807) is 19.1 Å². The molecule has 0 spiro atoms. The van der Waals surface area contributed by atoms with E-state index >= 15 is 0 Å². The molecule has 0 aliphatic heterocycles. The van der Waals surface area contributed by atoms with Crippen LogP contribution in [0.1, 0.15) is 43.6 Å². The van der Waals surface area contributed by atoms with Crippen LogP contribution >= 0.6 is 0 Å². The lowest BCUT2D eigenvalue weighted by Gasteiger charge is -2.20. The molecule has 0 heterocycles. The minimum atomic E-state index is -0.615. The number of benzene rings is 2. The Bertz CT molecular complexity index is 749. The lowest BCUT2D eigenvalue weighted by molar-refractivity contribution is -0.127. The molecule has 0 fully saturated rings. The maximum Gasteiger partial charge on any atom is 0.260 e. The summed E-state index contributed by atoms with van der Waals surface area (Å²) in [4.78, 5) is 24.1. The van der Waals surface area contributed by atoms with Crippen molar-refractivity contribution in [1.29, 1.82) is 0 Å². The van der Waals surface area contributed by atoms with E-state index in [-0.39, 0.29) is 17.2 Å². The molecule has 2 N–H and O–H groups in total. The molecule has 2 aromatic carbocycles. The van der Waals surface area contributed by atoms with Crippen LogP contribution in [0.2, 0.25) is 0 Å². The molecule has 2 aromatic rings. The van der Waals surface area contributed by atoms with Gasteiger partial charge in [-0.05, 0) is 42.2 Å². The van der Waals surface area contributed by atoms with Crippen molar-refractivity contribution >= 4 is 11.8 Å². The number of ether oxygens (including phenoxy) is 1. The third kappa shape index (κ3) is 6.44. The summed E-state index contributed by atoms with van der Waals surface area (Å²) in [5.74, 6) is 0.278. The molecular weight excluding hydrogens is 340 g/mol. The van der Waals surface area contributed by atoms with Gasteiger partial charge < -0.3 is 15.4 Å². The molecule has 0 radical (unpaired) electrons. The standard InChI is InChI=1S/C22H28N2O3/c1-16(27-19-12-10-18(11-13-19)22(2,3)4)20(25)23-14-15-24-21(26)17-8-6-5-7-9-17/h5-13,16H,14-15H2,1-4H3,(H,23,25)(H,24,26). The summed E-state index contributed by atoms with van der Waals surface area (Å²) in [6.07, 6.45) is -0.615. The Hall–Kier alpha value is -2.82. The van der Waals surface area contributed by atoms with Gasteiger partial charge in [0.1, 0.15) is 5.75 Å². The first kappa shape index (κ1) is 20.5. The van der Waals surface area contributed by atoms with Gasteiger partial charge >= 0.3 is 0 Å². The van der Waals surface area contributed by atoms with Crippen molar-refractivity contribution in [3.8, 4) is 5.75 Å². The summed E-state index contributed by atoms with van der Waals surface area (Å²) < 4.78 is 5.69. The molecule has 1 unspecified atom stereocenters. The van der Waals surface area contributed by atoms with Crippen LogP contribution in [0.3, 0.4) is 0 Å². The topological polar surface area (TPSA) is 67.4 Å². The van der Waals surface area contributed by atoms with E-state index in [9.17, 15) is 9.59 Å². The van der Waals surface area contributed by atoms with Gasteiger partial charge in [0, 0.05) is 18.7 Å². The second-order valence-corrected chi connectivity index (χ2v) is 7.45. The molecule has 1 atom stereocenters. The maximum atomic E-state index is 12.1. The molecule has 0 aliphatic carbocycles. The fourth-order valence-corrected chi connectivity index (χ4v) is 2.49. The van der Waals surface area contributed by atoms with E-state index < -0.39 is 6.10 Å². The summed E-state index contributed by atoms with van der Waals surface area (Å²) >= 11 is 0. The summed E-state index contributed by atoms with van der Waals surface area (Å²) in [5.41, 5.74) is 1.88. The van der Waals surface area contributed by atoms with Gasteiger partial charge in [-0.3, -0.25) is 9.59 Å². The smallest absolute Gasteiger partial charge is 0.260 e. The fourth-order valence-electron chi connectivity index (χ4n) is 2.49. The van der Waals surface area contributed by atoms with Crippen molar-refractivity contribution < 1.29 is 14.3 Å². The van der Waals surface area contributed by atoms with Crippen LogP contribution < -0.4 is 15.4 Å². The molecule has 144 valence electrons. The predicted molar refractivity (Wildman–Crippen MR) is 107 cm³/mol. The average molecular weight is 368 g/mol.